The summed E-state index contributed by atoms with van der Waals surface area (Å²) in [6.07, 6.45) is -0.859. The summed E-state index contributed by atoms with van der Waals surface area (Å²) < 4.78 is 16.0. The summed E-state index contributed by atoms with van der Waals surface area (Å²) in [7, 11) is 0. The van der Waals surface area contributed by atoms with Gasteiger partial charge >= 0.3 is 0 Å². The molecule has 0 fully saturated rings. The average molecular weight is 350 g/mol. The van der Waals surface area contributed by atoms with E-state index in [2.05, 4.69) is 5.32 Å². The number of hydrogen-bond donors (Lipinski definition) is 2. The van der Waals surface area contributed by atoms with Crippen LogP contribution in [0.5, 0.6) is 17.2 Å². The van der Waals surface area contributed by atoms with E-state index < -0.39 is 6.10 Å². The highest BCUT2D eigenvalue weighted by atomic mass is 35.5. The molecular weight excluding hydrogens is 334 g/mol. The van der Waals surface area contributed by atoms with E-state index in [0.29, 0.717) is 27.8 Å². The molecule has 6 nitrogen and oxygen atoms in total. The molecule has 2 N–H and O–H groups in total. The minimum atomic E-state index is -0.859. The van der Waals surface area contributed by atoms with Gasteiger partial charge in [0.2, 0.25) is 6.79 Å². The van der Waals surface area contributed by atoms with Crippen molar-refractivity contribution in [1.82, 2.24) is 5.32 Å². The number of ether oxygens (including phenoxy) is 3. The molecule has 3 rings (SSSR count). The second-order valence-corrected chi connectivity index (χ2v) is 5.58. The lowest BCUT2D eigenvalue weighted by Crippen LogP contribution is -2.35. The smallest absolute Gasteiger partial charge is 0.252 e. The van der Waals surface area contributed by atoms with Crippen LogP contribution in [0, 0.1) is 0 Å². The van der Waals surface area contributed by atoms with E-state index >= 15 is 0 Å². The van der Waals surface area contributed by atoms with E-state index in [4.69, 9.17) is 25.8 Å². The lowest BCUT2D eigenvalue weighted by molar-refractivity contribution is 0.0843. The van der Waals surface area contributed by atoms with Crippen LogP contribution in [0.25, 0.3) is 0 Å². The molecule has 1 amide bonds. The predicted molar refractivity (Wildman–Crippen MR) is 87.9 cm³/mol. The Morgan fingerprint density at radius 2 is 2.04 bits per heavy atom. The molecule has 1 heterocycles. The van der Waals surface area contributed by atoms with Crippen molar-refractivity contribution in [3.05, 3.63) is 53.1 Å². The summed E-state index contributed by atoms with van der Waals surface area (Å²) >= 11 is 5.95. The van der Waals surface area contributed by atoms with Gasteiger partial charge in [-0.25, -0.2) is 0 Å². The molecule has 0 radical (unpaired) electrons. The highest BCUT2D eigenvalue weighted by Gasteiger charge is 2.15. The van der Waals surface area contributed by atoms with Crippen molar-refractivity contribution < 1.29 is 24.1 Å². The number of aliphatic hydroxyl groups excluding tert-OH is 1. The van der Waals surface area contributed by atoms with Crippen molar-refractivity contribution >= 4 is 17.5 Å². The zero-order valence-electron chi connectivity index (χ0n) is 12.7. The summed E-state index contributed by atoms with van der Waals surface area (Å²) in [6.45, 7) is 0.270. The Morgan fingerprint density at radius 3 is 2.88 bits per heavy atom. The van der Waals surface area contributed by atoms with Crippen molar-refractivity contribution in [2.45, 2.75) is 6.10 Å². The lowest BCUT2D eigenvalue weighted by Gasteiger charge is -2.14. The first-order valence-corrected chi connectivity index (χ1v) is 7.74. The van der Waals surface area contributed by atoms with Crippen LogP contribution in [-0.2, 0) is 0 Å². The molecule has 7 heteroatoms. The molecule has 0 saturated carbocycles. The fourth-order valence-electron chi connectivity index (χ4n) is 2.17. The Balaban J connectivity index is 1.47. The number of carbonyl (C=O) groups excluding carboxylic acids is 1. The Kier molecular flexibility index (Phi) is 5.08. The van der Waals surface area contributed by atoms with Gasteiger partial charge in [-0.3, -0.25) is 4.79 Å². The van der Waals surface area contributed by atoms with Gasteiger partial charge in [0, 0.05) is 12.6 Å². The fraction of sp³-hybridized carbons (Fsp3) is 0.235. The second-order valence-electron chi connectivity index (χ2n) is 5.17. The molecule has 0 aliphatic carbocycles. The highest BCUT2D eigenvalue weighted by Crippen LogP contribution is 2.35. The SMILES string of the molecule is O=C(NC[C@H](O)COc1ccc2c(c1)OCO2)c1ccccc1Cl. The van der Waals surface area contributed by atoms with Gasteiger partial charge in [-0.05, 0) is 24.3 Å². The molecule has 0 spiro atoms. The maximum Gasteiger partial charge on any atom is 0.252 e. The normalized spacial score (nSPS) is 13.4. The Labute approximate surface area is 143 Å². The Hall–Kier alpha value is -2.44. The second kappa shape index (κ2) is 7.42. The minimum absolute atomic E-state index is 0.0302. The Bertz CT molecular complexity index is 737. The topological polar surface area (TPSA) is 77.0 Å². The van der Waals surface area contributed by atoms with Gasteiger partial charge in [0.25, 0.3) is 5.91 Å². The van der Waals surface area contributed by atoms with E-state index in [9.17, 15) is 9.90 Å². The third-order valence-electron chi connectivity index (χ3n) is 3.40. The zero-order valence-corrected chi connectivity index (χ0v) is 13.5. The summed E-state index contributed by atoms with van der Waals surface area (Å²) in [4.78, 5) is 12.0. The van der Waals surface area contributed by atoms with Crippen LogP contribution in [0.2, 0.25) is 5.02 Å². The first-order chi connectivity index (χ1) is 11.6. The summed E-state index contributed by atoms with van der Waals surface area (Å²) in [5.41, 5.74) is 0.364. The number of nitrogens with one attached hydrogen (secondary N) is 1. The number of amides is 1. The fourth-order valence-corrected chi connectivity index (χ4v) is 2.39. The van der Waals surface area contributed by atoms with Crippen LogP contribution < -0.4 is 19.5 Å². The number of benzene rings is 2. The molecule has 2 aromatic carbocycles. The number of aliphatic hydroxyl groups is 1. The number of carbonyl (C=O) groups is 1. The van der Waals surface area contributed by atoms with Crippen LogP contribution in [0.4, 0.5) is 0 Å². The first kappa shape index (κ1) is 16.4. The maximum atomic E-state index is 12.0. The molecule has 1 aliphatic rings. The molecule has 0 saturated heterocycles. The van der Waals surface area contributed by atoms with E-state index in [1.165, 1.54) is 0 Å². The molecule has 1 atom stereocenters. The molecule has 24 heavy (non-hydrogen) atoms. The average Bonchev–Trinajstić information content (AvgIpc) is 3.06. The van der Waals surface area contributed by atoms with Crippen LogP contribution in [0.3, 0.4) is 0 Å². The first-order valence-electron chi connectivity index (χ1n) is 7.37. The monoisotopic (exact) mass is 349 g/mol. The van der Waals surface area contributed by atoms with Crippen molar-refractivity contribution in [2.75, 3.05) is 19.9 Å². The van der Waals surface area contributed by atoms with Crippen molar-refractivity contribution in [3.8, 4) is 17.2 Å². The van der Waals surface area contributed by atoms with Gasteiger partial charge in [0.15, 0.2) is 11.5 Å². The quantitative estimate of drug-likeness (QED) is 0.836. The standard InChI is InChI=1S/C17H16ClNO5/c18-14-4-2-1-3-13(14)17(21)19-8-11(20)9-22-12-5-6-15-16(7-12)24-10-23-15/h1-7,11,20H,8-10H2,(H,19,21)/t11-/m0/s1. The number of halogens is 1. The molecule has 0 bridgehead atoms. The molecule has 0 unspecified atom stereocenters. The molecule has 1 aliphatic heterocycles. The molecule has 0 aromatic heterocycles. The summed E-state index contributed by atoms with van der Waals surface area (Å²) in [6, 6.07) is 11.9. The van der Waals surface area contributed by atoms with Gasteiger partial charge in [-0.2, -0.15) is 0 Å². The lowest BCUT2D eigenvalue weighted by atomic mass is 10.2. The van der Waals surface area contributed by atoms with Crippen LogP contribution >= 0.6 is 11.6 Å². The summed E-state index contributed by atoms with van der Waals surface area (Å²) in [5.74, 6) is 1.47. The predicted octanol–water partition coefficient (Wildman–Crippen LogP) is 2.24. The number of fused-ring (bicyclic) bond motifs is 1. The maximum absolute atomic E-state index is 12.0. The minimum Gasteiger partial charge on any atom is -0.491 e. The van der Waals surface area contributed by atoms with E-state index in [0.717, 1.165) is 0 Å². The summed E-state index contributed by atoms with van der Waals surface area (Å²) in [5, 5.41) is 12.9. The van der Waals surface area contributed by atoms with Gasteiger partial charge in [-0.1, -0.05) is 23.7 Å². The van der Waals surface area contributed by atoms with Crippen LogP contribution in [0.15, 0.2) is 42.5 Å². The zero-order chi connectivity index (χ0) is 16.9. The molecular formula is C17H16ClNO5. The molecule has 2 aromatic rings. The van der Waals surface area contributed by atoms with Crippen molar-refractivity contribution in [1.29, 1.82) is 0 Å². The van der Waals surface area contributed by atoms with Gasteiger partial charge in [-0.15, -0.1) is 0 Å². The molecule has 126 valence electrons. The number of rotatable bonds is 6. The van der Waals surface area contributed by atoms with Crippen LogP contribution in [0.1, 0.15) is 10.4 Å². The third-order valence-corrected chi connectivity index (χ3v) is 3.73. The van der Waals surface area contributed by atoms with Gasteiger partial charge in [0.1, 0.15) is 18.5 Å². The van der Waals surface area contributed by atoms with Crippen molar-refractivity contribution in [2.24, 2.45) is 0 Å². The van der Waals surface area contributed by atoms with E-state index in [1.807, 2.05) is 0 Å². The van der Waals surface area contributed by atoms with E-state index in [-0.39, 0.29) is 25.9 Å². The van der Waals surface area contributed by atoms with Crippen LogP contribution in [-0.4, -0.2) is 37.1 Å². The van der Waals surface area contributed by atoms with Crippen molar-refractivity contribution in [3.63, 3.8) is 0 Å². The third kappa shape index (κ3) is 3.90. The number of hydrogen-bond acceptors (Lipinski definition) is 5. The van der Waals surface area contributed by atoms with E-state index in [1.54, 1.807) is 42.5 Å². The largest absolute Gasteiger partial charge is 0.491 e. The Morgan fingerprint density at radius 1 is 1.25 bits per heavy atom. The van der Waals surface area contributed by atoms with Gasteiger partial charge in [0.05, 0.1) is 10.6 Å². The van der Waals surface area contributed by atoms with Gasteiger partial charge < -0.3 is 24.6 Å². The highest BCUT2D eigenvalue weighted by molar-refractivity contribution is 6.33.